The molecular weight excluding hydrogens is 366 g/mol. The van der Waals surface area contributed by atoms with Crippen LogP contribution in [0.5, 0.6) is 5.75 Å². The fourth-order valence-electron chi connectivity index (χ4n) is 3.69. The van der Waals surface area contributed by atoms with Crippen LogP contribution in [-0.4, -0.2) is 60.0 Å². The van der Waals surface area contributed by atoms with Crippen LogP contribution < -0.4 is 19.9 Å². The number of carbonyl (C=O) groups excluding carboxylic acids is 1. The average molecular weight is 399 g/mol. The average Bonchev–Trinajstić information content (AvgIpc) is 2.75. The van der Waals surface area contributed by atoms with Gasteiger partial charge in [0, 0.05) is 25.3 Å². The molecule has 2 N–H and O–H groups in total. The first kappa shape index (κ1) is 21.1. The number of benzene rings is 2. The van der Waals surface area contributed by atoms with Gasteiger partial charge >= 0.3 is 0 Å². The lowest BCUT2D eigenvalue weighted by Gasteiger charge is -2.32. The molecule has 0 bridgehead atoms. The number of methoxy groups -OCH3 is 1. The van der Waals surface area contributed by atoms with Crippen molar-refractivity contribution >= 4 is 11.6 Å². The smallest absolute Gasteiger partial charge is 0.224 e. The van der Waals surface area contributed by atoms with E-state index in [1.165, 1.54) is 16.2 Å². The Balaban J connectivity index is 1.65. The Labute approximate surface area is 173 Å². The molecule has 1 aliphatic rings. The number of morpholine rings is 1. The molecule has 0 aliphatic carbocycles. The quantitative estimate of drug-likeness (QED) is 0.699. The lowest BCUT2D eigenvalue weighted by atomic mass is 10.0. The van der Waals surface area contributed by atoms with Gasteiger partial charge < -0.3 is 24.6 Å². The van der Waals surface area contributed by atoms with E-state index < -0.39 is 0 Å². The summed E-state index contributed by atoms with van der Waals surface area (Å²) in [6.45, 7) is 4.05. The summed E-state index contributed by atoms with van der Waals surface area (Å²) in [5.41, 5.74) is 3.40. The van der Waals surface area contributed by atoms with Gasteiger partial charge in [0.2, 0.25) is 5.91 Å². The van der Waals surface area contributed by atoms with E-state index in [-0.39, 0.29) is 11.9 Å². The van der Waals surface area contributed by atoms with Crippen molar-refractivity contribution in [3.05, 3.63) is 59.7 Å². The van der Waals surface area contributed by atoms with Crippen LogP contribution in [0.1, 0.15) is 17.2 Å². The third kappa shape index (κ3) is 5.95. The zero-order chi connectivity index (χ0) is 20.6. The Morgan fingerprint density at radius 2 is 1.76 bits per heavy atom. The minimum absolute atomic E-state index is 0.0396. The fourth-order valence-corrected chi connectivity index (χ4v) is 3.69. The van der Waals surface area contributed by atoms with Crippen LogP contribution in [-0.2, 0) is 16.0 Å². The second-order valence-corrected chi connectivity index (χ2v) is 7.64. The van der Waals surface area contributed by atoms with Crippen LogP contribution in [0.2, 0.25) is 0 Å². The molecule has 3 rings (SSSR count). The summed E-state index contributed by atoms with van der Waals surface area (Å²) < 4.78 is 10.7. The summed E-state index contributed by atoms with van der Waals surface area (Å²) in [4.78, 5) is 16.1. The molecule has 1 saturated heterocycles. The third-order valence-corrected chi connectivity index (χ3v) is 5.47. The third-order valence-electron chi connectivity index (χ3n) is 5.47. The molecule has 2 aromatic carbocycles. The van der Waals surface area contributed by atoms with Gasteiger partial charge in [0.25, 0.3) is 0 Å². The molecule has 0 saturated carbocycles. The van der Waals surface area contributed by atoms with E-state index in [0.29, 0.717) is 13.0 Å². The largest absolute Gasteiger partial charge is 0.497 e. The number of quaternary nitrogens is 1. The van der Waals surface area contributed by atoms with Crippen molar-refractivity contribution < 1.29 is 19.2 Å². The number of anilines is 1. The van der Waals surface area contributed by atoms with Gasteiger partial charge in [0.15, 0.2) is 0 Å². The monoisotopic (exact) mass is 398 g/mol. The molecule has 1 aliphatic heterocycles. The van der Waals surface area contributed by atoms with E-state index in [2.05, 4.69) is 34.5 Å². The SMILES string of the molecule is COc1ccc(CC(=O)NC[C@@H](c2ccc(N(C)C)cc2)[NH+]2CCOCC2)cc1. The van der Waals surface area contributed by atoms with Crippen molar-refractivity contribution in [2.45, 2.75) is 12.5 Å². The highest BCUT2D eigenvalue weighted by atomic mass is 16.5. The molecule has 1 atom stereocenters. The normalized spacial score (nSPS) is 15.6. The second kappa shape index (κ2) is 10.3. The molecule has 0 radical (unpaired) electrons. The Bertz CT molecular complexity index is 769. The van der Waals surface area contributed by atoms with Crippen LogP contribution in [0.3, 0.4) is 0 Å². The molecule has 1 fully saturated rings. The van der Waals surface area contributed by atoms with Crippen molar-refractivity contribution in [2.24, 2.45) is 0 Å². The van der Waals surface area contributed by atoms with Crippen molar-refractivity contribution in [1.29, 1.82) is 0 Å². The van der Waals surface area contributed by atoms with E-state index in [1.807, 2.05) is 38.4 Å². The zero-order valence-corrected chi connectivity index (χ0v) is 17.6. The molecule has 1 amide bonds. The number of nitrogens with one attached hydrogen (secondary N) is 2. The van der Waals surface area contributed by atoms with Crippen molar-refractivity contribution in [1.82, 2.24) is 5.32 Å². The summed E-state index contributed by atoms with van der Waals surface area (Å²) in [5.74, 6) is 0.837. The van der Waals surface area contributed by atoms with Gasteiger partial charge in [-0.3, -0.25) is 4.79 Å². The second-order valence-electron chi connectivity index (χ2n) is 7.64. The van der Waals surface area contributed by atoms with E-state index in [0.717, 1.165) is 37.6 Å². The molecule has 6 nitrogen and oxygen atoms in total. The van der Waals surface area contributed by atoms with Gasteiger partial charge in [0.05, 0.1) is 33.3 Å². The number of rotatable bonds is 8. The highest BCUT2D eigenvalue weighted by Gasteiger charge is 2.27. The van der Waals surface area contributed by atoms with Gasteiger partial charge in [-0.2, -0.15) is 0 Å². The van der Waals surface area contributed by atoms with Crippen molar-refractivity contribution in [3.63, 3.8) is 0 Å². The highest BCUT2D eigenvalue weighted by Crippen LogP contribution is 2.17. The molecule has 0 unspecified atom stereocenters. The maximum absolute atomic E-state index is 12.5. The van der Waals surface area contributed by atoms with Crippen LogP contribution >= 0.6 is 0 Å². The zero-order valence-electron chi connectivity index (χ0n) is 17.6. The van der Waals surface area contributed by atoms with Gasteiger partial charge in [0.1, 0.15) is 24.9 Å². The maximum Gasteiger partial charge on any atom is 0.224 e. The molecule has 1 heterocycles. The number of ether oxygens (including phenoxy) is 2. The van der Waals surface area contributed by atoms with Crippen molar-refractivity contribution in [2.75, 3.05) is 59.0 Å². The van der Waals surface area contributed by atoms with E-state index in [4.69, 9.17) is 9.47 Å². The Morgan fingerprint density at radius 1 is 1.10 bits per heavy atom. The van der Waals surface area contributed by atoms with E-state index in [1.54, 1.807) is 7.11 Å². The van der Waals surface area contributed by atoms with E-state index >= 15 is 0 Å². The summed E-state index contributed by atoms with van der Waals surface area (Å²) in [6, 6.07) is 16.5. The Kier molecular flexibility index (Phi) is 7.49. The minimum Gasteiger partial charge on any atom is -0.497 e. The first-order valence-corrected chi connectivity index (χ1v) is 10.2. The first-order chi connectivity index (χ1) is 14.1. The predicted molar refractivity (Wildman–Crippen MR) is 115 cm³/mol. The molecular formula is C23H32N3O3+. The number of hydrogen-bond acceptors (Lipinski definition) is 4. The number of hydrogen-bond donors (Lipinski definition) is 2. The van der Waals surface area contributed by atoms with Crippen LogP contribution in [0, 0.1) is 0 Å². The lowest BCUT2D eigenvalue weighted by molar-refractivity contribution is -0.937. The van der Waals surface area contributed by atoms with Crippen LogP contribution in [0.15, 0.2) is 48.5 Å². The number of amides is 1. The predicted octanol–water partition coefficient (Wildman–Crippen LogP) is 1.08. The maximum atomic E-state index is 12.5. The molecule has 0 aromatic heterocycles. The first-order valence-electron chi connectivity index (χ1n) is 10.2. The molecule has 156 valence electrons. The standard InChI is InChI=1S/C23H31N3O3/c1-25(2)20-8-6-19(7-9-20)22(26-12-14-29-15-13-26)17-24-23(27)16-18-4-10-21(28-3)11-5-18/h4-11,22H,12-17H2,1-3H3,(H,24,27)/p+1/t22-/m0/s1. The van der Waals surface area contributed by atoms with E-state index in [9.17, 15) is 4.79 Å². The number of nitrogens with zero attached hydrogens (tertiary/aromatic N) is 1. The highest BCUT2D eigenvalue weighted by molar-refractivity contribution is 5.78. The topological polar surface area (TPSA) is 55.2 Å². The summed E-state index contributed by atoms with van der Waals surface area (Å²) in [7, 11) is 5.72. The molecule has 0 spiro atoms. The van der Waals surface area contributed by atoms with Crippen LogP contribution in [0.4, 0.5) is 5.69 Å². The minimum atomic E-state index is 0.0396. The fraction of sp³-hybridized carbons (Fsp3) is 0.435. The molecule has 2 aromatic rings. The Morgan fingerprint density at radius 3 is 2.34 bits per heavy atom. The van der Waals surface area contributed by atoms with Gasteiger partial charge in [-0.1, -0.05) is 24.3 Å². The van der Waals surface area contributed by atoms with Crippen molar-refractivity contribution in [3.8, 4) is 5.75 Å². The summed E-state index contributed by atoms with van der Waals surface area (Å²) in [5, 5.41) is 3.15. The summed E-state index contributed by atoms with van der Waals surface area (Å²) in [6.07, 6.45) is 0.370. The van der Waals surface area contributed by atoms with Gasteiger partial charge in [-0.05, 0) is 29.8 Å². The van der Waals surface area contributed by atoms with Crippen LogP contribution in [0.25, 0.3) is 0 Å². The summed E-state index contributed by atoms with van der Waals surface area (Å²) >= 11 is 0. The molecule has 6 heteroatoms. The lowest BCUT2D eigenvalue weighted by Crippen LogP contribution is -3.15. The number of carbonyl (C=O) groups is 1. The van der Waals surface area contributed by atoms with Gasteiger partial charge in [-0.15, -0.1) is 0 Å². The molecule has 29 heavy (non-hydrogen) atoms. The van der Waals surface area contributed by atoms with Gasteiger partial charge in [-0.25, -0.2) is 0 Å². The Hall–Kier alpha value is -2.57.